The van der Waals surface area contributed by atoms with Crippen molar-refractivity contribution in [3.05, 3.63) is 41.1 Å². The maximum absolute atomic E-state index is 8.84. The van der Waals surface area contributed by atoms with Gasteiger partial charge in [-0.15, -0.1) is 0 Å². The number of rotatable bonds is 8. The summed E-state index contributed by atoms with van der Waals surface area (Å²) in [5, 5.41) is 12.2. The molecule has 0 saturated heterocycles. The van der Waals surface area contributed by atoms with E-state index >= 15 is 0 Å². The Morgan fingerprint density at radius 1 is 1.30 bits per heavy atom. The molecule has 0 aliphatic heterocycles. The fourth-order valence-electron chi connectivity index (χ4n) is 2.20. The molecule has 0 aliphatic rings. The second-order valence-electron chi connectivity index (χ2n) is 5.33. The van der Waals surface area contributed by atoms with E-state index in [1.165, 1.54) is 0 Å². The number of benzene rings is 1. The zero-order valence-electron chi connectivity index (χ0n) is 14.0. The predicted molar refractivity (Wildman–Crippen MR) is 86.8 cm³/mol. The monoisotopic (exact) mass is 320 g/mol. The smallest absolute Gasteiger partial charge is 0.208 e. The summed E-state index contributed by atoms with van der Waals surface area (Å²) < 4.78 is 16.4. The molecule has 1 aromatic carbocycles. The Hall–Kier alpha value is -2.05. The van der Waals surface area contributed by atoms with Crippen LogP contribution in [0.3, 0.4) is 0 Å². The van der Waals surface area contributed by atoms with E-state index in [9.17, 15) is 0 Å². The van der Waals surface area contributed by atoms with Gasteiger partial charge in [0.05, 0.1) is 26.0 Å². The van der Waals surface area contributed by atoms with Crippen molar-refractivity contribution in [2.75, 3.05) is 20.3 Å². The molecule has 126 valence electrons. The molecule has 0 aliphatic carbocycles. The average Bonchev–Trinajstić information content (AvgIpc) is 2.88. The highest BCUT2D eigenvalue weighted by Crippen LogP contribution is 2.30. The van der Waals surface area contributed by atoms with Crippen molar-refractivity contribution in [3.8, 4) is 11.5 Å². The molecule has 1 atom stereocenters. The SMILES string of the molecule is COc1cc(C(C)NCc2nc(C)c(C)o2)ccc1OCCO. The molecule has 1 aromatic heterocycles. The fourth-order valence-corrected chi connectivity index (χ4v) is 2.20. The number of aliphatic hydroxyl groups is 1. The number of aromatic nitrogens is 1. The Morgan fingerprint density at radius 3 is 2.70 bits per heavy atom. The standard InChI is InChI=1S/C17H24N2O4/c1-11-13(3)23-17(19-11)10-18-12(2)14-5-6-15(22-8-7-20)16(9-14)21-4/h5-6,9,12,18,20H,7-8,10H2,1-4H3. The van der Waals surface area contributed by atoms with Crippen LogP contribution in [0.25, 0.3) is 0 Å². The number of aryl methyl sites for hydroxylation is 2. The second-order valence-corrected chi connectivity index (χ2v) is 5.33. The van der Waals surface area contributed by atoms with Crippen LogP contribution in [0.4, 0.5) is 0 Å². The van der Waals surface area contributed by atoms with Gasteiger partial charge >= 0.3 is 0 Å². The summed E-state index contributed by atoms with van der Waals surface area (Å²) >= 11 is 0. The molecule has 1 heterocycles. The highest BCUT2D eigenvalue weighted by molar-refractivity contribution is 5.43. The third-order valence-electron chi connectivity index (χ3n) is 3.67. The summed E-state index contributed by atoms with van der Waals surface area (Å²) in [6.45, 7) is 6.67. The first-order chi connectivity index (χ1) is 11.0. The molecule has 2 N–H and O–H groups in total. The summed E-state index contributed by atoms with van der Waals surface area (Å²) in [5.74, 6) is 2.80. The van der Waals surface area contributed by atoms with Gasteiger partial charge in [-0.25, -0.2) is 4.98 Å². The minimum absolute atomic E-state index is 0.0299. The topological polar surface area (TPSA) is 76.8 Å². The molecule has 0 saturated carbocycles. The number of aliphatic hydroxyl groups excluding tert-OH is 1. The third-order valence-corrected chi connectivity index (χ3v) is 3.67. The molecule has 0 fully saturated rings. The first-order valence-corrected chi connectivity index (χ1v) is 7.63. The molecule has 0 bridgehead atoms. The Kier molecular flexibility index (Phi) is 6.01. The number of methoxy groups -OCH3 is 1. The lowest BCUT2D eigenvalue weighted by Crippen LogP contribution is -2.18. The van der Waals surface area contributed by atoms with Crippen molar-refractivity contribution in [2.45, 2.75) is 33.4 Å². The van der Waals surface area contributed by atoms with Crippen LogP contribution in [-0.2, 0) is 6.54 Å². The second kappa shape index (κ2) is 7.99. The molecular weight excluding hydrogens is 296 g/mol. The normalized spacial score (nSPS) is 12.2. The summed E-state index contributed by atoms with van der Waals surface area (Å²) in [7, 11) is 1.60. The minimum Gasteiger partial charge on any atom is -0.493 e. The predicted octanol–water partition coefficient (Wildman–Crippen LogP) is 2.52. The van der Waals surface area contributed by atoms with Crippen LogP contribution in [0.2, 0.25) is 0 Å². The van der Waals surface area contributed by atoms with Gasteiger partial charge in [-0.05, 0) is 38.5 Å². The first kappa shape index (κ1) is 17.3. The van der Waals surface area contributed by atoms with Crippen molar-refractivity contribution in [1.82, 2.24) is 10.3 Å². The van der Waals surface area contributed by atoms with Crippen LogP contribution in [0.15, 0.2) is 22.6 Å². The maximum atomic E-state index is 8.84. The molecule has 1 unspecified atom stereocenters. The maximum Gasteiger partial charge on any atom is 0.208 e. The van der Waals surface area contributed by atoms with Crippen LogP contribution in [-0.4, -0.2) is 30.4 Å². The van der Waals surface area contributed by atoms with E-state index < -0.39 is 0 Å². The number of hydrogen-bond donors (Lipinski definition) is 2. The Balaban J connectivity index is 2.02. The van der Waals surface area contributed by atoms with Crippen LogP contribution >= 0.6 is 0 Å². The molecular formula is C17H24N2O4. The van der Waals surface area contributed by atoms with Crippen molar-refractivity contribution >= 4 is 0 Å². The Labute approximate surface area is 136 Å². The number of ether oxygens (including phenoxy) is 2. The van der Waals surface area contributed by atoms with Gasteiger partial charge in [0.15, 0.2) is 11.5 Å². The average molecular weight is 320 g/mol. The van der Waals surface area contributed by atoms with Gasteiger partial charge in [0.1, 0.15) is 12.4 Å². The van der Waals surface area contributed by atoms with Crippen molar-refractivity contribution in [1.29, 1.82) is 0 Å². The van der Waals surface area contributed by atoms with E-state index in [4.69, 9.17) is 19.0 Å². The van der Waals surface area contributed by atoms with Crippen LogP contribution in [0, 0.1) is 13.8 Å². The number of hydrogen-bond acceptors (Lipinski definition) is 6. The third kappa shape index (κ3) is 4.46. The Morgan fingerprint density at radius 2 is 2.09 bits per heavy atom. The largest absolute Gasteiger partial charge is 0.493 e. The van der Waals surface area contributed by atoms with E-state index in [1.807, 2.05) is 32.0 Å². The molecule has 6 heteroatoms. The molecule has 2 rings (SSSR count). The van der Waals surface area contributed by atoms with Crippen molar-refractivity contribution in [2.24, 2.45) is 0 Å². The summed E-state index contributed by atoms with van der Waals surface area (Å²) in [6, 6.07) is 5.85. The lowest BCUT2D eigenvalue weighted by molar-refractivity contribution is 0.196. The highest BCUT2D eigenvalue weighted by Gasteiger charge is 2.12. The lowest BCUT2D eigenvalue weighted by Gasteiger charge is -2.16. The molecule has 2 aromatic rings. The fraction of sp³-hybridized carbons (Fsp3) is 0.471. The van der Waals surface area contributed by atoms with Gasteiger partial charge in [0.2, 0.25) is 5.89 Å². The number of nitrogens with zero attached hydrogens (tertiary/aromatic N) is 1. The summed E-state index contributed by atoms with van der Waals surface area (Å²) in [4.78, 5) is 4.36. The van der Waals surface area contributed by atoms with Gasteiger partial charge in [0.25, 0.3) is 0 Å². The zero-order valence-corrected chi connectivity index (χ0v) is 14.0. The van der Waals surface area contributed by atoms with Crippen LogP contribution < -0.4 is 14.8 Å². The molecule has 0 radical (unpaired) electrons. The molecule has 6 nitrogen and oxygen atoms in total. The number of nitrogens with one attached hydrogen (secondary N) is 1. The van der Waals surface area contributed by atoms with Gasteiger partial charge in [0, 0.05) is 6.04 Å². The number of oxazole rings is 1. The molecule has 0 spiro atoms. The Bertz CT molecular complexity index is 620. The summed E-state index contributed by atoms with van der Waals surface area (Å²) in [5.41, 5.74) is 1.99. The van der Waals surface area contributed by atoms with E-state index in [0.29, 0.717) is 23.9 Å². The van der Waals surface area contributed by atoms with Gasteiger partial charge in [-0.2, -0.15) is 0 Å². The quantitative estimate of drug-likeness (QED) is 0.778. The van der Waals surface area contributed by atoms with Crippen molar-refractivity contribution < 1.29 is 19.0 Å². The highest BCUT2D eigenvalue weighted by atomic mass is 16.5. The first-order valence-electron chi connectivity index (χ1n) is 7.63. The van der Waals surface area contributed by atoms with Crippen LogP contribution in [0.5, 0.6) is 11.5 Å². The van der Waals surface area contributed by atoms with Crippen LogP contribution in [0.1, 0.15) is 35.9 Å². The van der Waals surface area contributed by atoms with E-state index in [-0.39, 0.29) is 19.3 Å². The van der Waals surface area contributed by atoms with Gasteiger partial charge in [-0.3, -0.25) is 0 Å². The van der Waals surface area contributed by atoms with Gasteiger partial charge < -0.3 is 24.3 Å². The lowest BCUT2D eigenvalue weighted by atomic mass is 10.1. The van der Waals surface area contributed by atoms with E-state index in [1.54, 1.807) is 7.11 Å². The van der Waals surface area contributed by atoms with E-state index in [0.717, 1.165) is 17.0 Å². The van der Waals surface area contributed by atoms with E-state index in [2.05, 4.69) is 17.2 Å². The molecule has 23 heavy (non-hydrogen) atoms. The van der Waals surface area contributed by atoms with Crippen molar-refractivity contribution in [3.63, 3.8) is 0 Å². The summed E-state index contributed by atoms with van der Waals surface area (Å²) in [6.07, 6.45) is 0. The minimum atomic E-state index is -0.0299. The zero-order chi connectivity index (χ0) is 16.8. The molecule has 0 amide bonds. The van der Waals surface area contributed by atoms with Gasteiger partial charge in [-0.1, -0.05) is 6.07 Å².